The van der Waals surface area contributed by atoms with Gasteiger partial charge in [0.1, 0.15) is 29.8 Å². The van der Waals surface area contributed by atoms with Crippen LogP contribution in [0.5, 0.6) is 0 Å². The molecule has 1 saturated heterocycles. The van der Waals surface area contributed by atoms with Gasteiger partial charge < -0.3 is 25.0 Å². The number of alkyl carbamates (subject to hydrolysis) is 1. The van der Waals surface area contributed by atoms with Crippen molar-refractivity contribution in [2.24, 2.45) is 23.7 Å². The van der Waals surface area contributed by atoms with Gasteiger partial charge in [-0.1, -0.05) is 69.9 Å². The normalized spacial score (nSPS) is 24.5. The number of esters is 1. The van der Waals surface area contributed by atoms with E-state index in [1.54, 1.807) is 11.8 Å². The van der Waals surface area contributed by atoms with Crippen molar-refractivity contribution >= 4 is 23.9 Å². The van der Waals surface area contributed by atoms with Gasteiger partial charge in [0.2, 0.25) is 11.8 Å². The number of likely N-dealkylation sites (tertiary alicyclic amines) is 1. The summed E-state index contributed by atoms with van der Waals surface area (Å²) in [5, 5.41) is 5.91. The number of hydrogen-bond donors (Lipinski definition) is 2. The Morgan fingerprint density at radius 2 is 1.60 bits per heavy atom. The summed E-state index contributed by atoms with van der Waals surface area (Å²) in [4.78, 5) is 56.5. The molecule has 3 aliphatic rings. The zero-order valence-corrected chi connectivity index (χ0v) is 26.8. The highest BCUT2D eigenvalue weighted by atomic mass is 16.6. The predicted octanol–water partition coefficient (Wildman–Crippen LogP) is 5.36. The van der Waals surface area contributed by atoms with Gasteiger partial charge in [0.25, 0.3) is 0 Å². The molecule has 1 aliphatic heterocycles. The fraction of sp³-hybridized carbons (Fsp3) is 0.706. The van der Waals surface area contributed by atoms with Gasteiger partial charge in [-0.2, -0.15) is 0 Å². The highest BCUT2D eigenvalue weighted by molar-refractivity contribution is 5.96. The standard InChI is InChI=1S/C34H51N3O6/c1-22(2)34(6,31(40)37-20-25-18-13-19-26(25)28(37)30(39)43-33(3,4)5)36-29(38)27(24-16-11-8-12-17-24)35-32(41)42-21-23-14-9-7-10-15-23/h7,9-10,14-15,22,24-28H,8,11-13,16-21H2,1-6H3,(H,35,41)(H,36,38)/t25?,26?,27-,28?,34-/m0/s1. The molecule has 5 atom stereocenters. The minimum Gasteiger partial charge on any atom is -0.458 e. The zero-order chi connectivity index (χ0) is 31.4. The number of hydrogen-bond acceptors (Lipinski definition) is 6. The van der Waals surface area contributed by atoms with Crippen LogP contribution in [0.2, 0.25) is 0 Å². The van der Waals surface area contributed by atoms with Crippen LogP contribution >= 0.6 is 0 Å². The summed E-state index contributed by atoms with van der Waals surface area (Å²) in [5.41, 5.74) is -1.12. The molecule has 9 heteroatoms. The Morgan fingerprint density at radius 3 is 2.23 bits per heavy atom. The molecule has 0 aromatic heterocycles. The highest BCUT2D eigenvalue weighted by Gasteiger charge is 2.55. The van der Waals surface area contributed by atoms with Gasteiger partial charge >= 0.3 is 12.1 Å². The molecule has 43 heavy (non-hydrogen) atoms. The molecule has 2 N–H and O–H groups in total. The number of carbonyl (C=O) groups excluding carboxylic acids is 4. The van der Waals surface area contributed by atoms with Crippen LogP contribution in [0.4, 0.5) is 4.79 Å². The van der Waals surface area contributed by atoms with Crippen LogP contribution in [-0.4, -0.2) is 58.5 Å². The zero-order valence-electron chi connectivity index (χ0n) is 26.8. The van der Waals surface area contributed by atoms with Gasteiger partial charge in [0, 0.05) is 6.54 Å². The highest BCUT2D eigenvalue weighted by Crippen LogP contribution is 2.44. The molecular weight excluding hydrogens is 546 g/mol. The van der Waals surface area contributed by atoms with E-state index < -0.39 is 35.2 Å². The summed E-state index contributed by atoms with van der Waals surface area (Å²) in [6.07, 6.45) is 6.87. The number of nitrogens with zero attached hydrogens (tertiary/aromatic N) is 1. The summed E-state index contributed by atoms with van der Waals surface area (Å²) in [6.45, 7) is 11.6. The molecule has 0 radical (unpaired) electrons. The minimum atomic E-state index is -1.29. The van der Waals surface area contributed by atoms with Crippen molar-refractivity contribution in [2.45, 2.75) is 123 Å². The van der Waals surface area contributed by atoms with Gasteiger partial charge in [-0.05, 0) is 82.6 Å². The van der Waals surface area contributed by atoms with E-state index in [9.17, 15) is 19.2 Å². The lowest BCUT2D eigenvalue weighted by atomic mass is 9.81. The summed E-state index contributed by atoms with van der Waals surface area (Å²) in [5.74, 6) is -1.11. The molecule has 3 fully saturated rings. The maximum absolute atomic E-state index is 14.4. The molecule has 1 aromatic carbocycles. The smallest absolute Gasteiger partial charge is 0.408 e. The van der Waals surface area contributed by atoms with Crippen LogP contribution < -0.4 is 10.6 Å². The van der Waals surface area contributed by atoms with Crippen molar-refractivity contribution in [3.05, 3.63) is 35.9 Å². The van der Waals surface area contributed by atoms with E-state index in [0.717, 1.165) is 56.9 Å². The summed E-state index contributed by atoms with van der Waals surface area (Å²) in [6, 6.07) is 7.87. The van der Waals surface area contributed by atoms with Gasteiger partial charge in [-0.3, -0.25) is 9.59 Å². The Balaban J connectivity index is 1.53. The Kier molecular flexibility index (Phi) is 10.4. The number of ether oxygens (including phenoxy) is 2. The molecule has 2 saturated carbocycles. The van der Waals surface area contributed by atoms with Crippen LogP contribution in [0.1, 0.15) is 98.5 Å². The van der Waals surface area contributed by atoms with Crippen molar-refractivity contribution in [1.29, 1.82) is 0 Å². The van der Waals surface area contributed by atoms with Gasteiger partial charge in [0.15, 0.2) is 0 Å². The van der Waals surface area contributed by atoms with Gasteiger partial charge in [0.05, 0.1) is 0 Å². The van der Waals surface area contributed by atoms with E-state index in [0.29, 0.717) is 6.54 Å². The molecule has 3 amide bonds. The Morgan fingerprint density at radius 1 is 0.930 bits per heavy atom. The quantitative estimate of drug-likeness (QED) is 0.371. The maximum atomic E-state index is 14.4. The average molecular weight is 598 g/mol. The third kappa shape index (κ3) is 7.90. The first-order chi connectivity index (χ1) is 20.3. The lowest BCUT2D eigenvalue weighted by molar-refractivity contribution is -0.166. The molecule has 3 unspecified atom stereocenters. The number of fused-ring (bicyclic) bond motifs is 1. The maximum Gasteiger partial charge on any atom is 0.408 e. The Labute approximate surface area is 256 Å². The molecule has 1 aromatic rings. The number of carbonyl (C=O) groups is 4. The fourth-order valence-electron chi connectivity index (χ4n) is 7.01. The predicted molar refractivity (Wildman–Crippen MR) is 164 cm³/mol. The number of nitrogens with one attached hydrogen (secondary N) is 2. The average Bonchev–Trinajstić information content (AvgIpc) is 3.56. The van der Waals surface area contributed by atoms with Crippen molar-refractivity contribution in [2.75, 3.05) is 6.54 Å². The Hall–Kier alpha value is -3.10. The molecule has 4 rings (SSSR count). The third-order valence-corrected chi connectivity index (χ3v) is 9.67. The van der Waals surface area contributed by atoms with Crippen LogP contribution in [0, 0.1) is 23.7 Å². The molecule has 0 spiro atoms. The second kappa shape index (κ2) is 13.7. The monoisotopic (exact) mass is 597 g/mol. The molecule has 238 valence electrons. The van der Waals surface area contributed by atoms with Crippen LogP contribution in [0.3, 0.4) is 0 Å². The SMILES string of the molecule is CC(C)[C@](C)(NC(=O)[C@@H](NC(=O)OCc1ccccc1)C1CCCCC1)C(=O)N1CC2CCCC2C1C(=O)OC(C)(C)C. The van der Waals surface area contributed by atoms with E-state index in [1.165, 1.54) is 0 Å². The molecule has 2 aliphatic carbocycles. The van der Waals surface area contributed by atoms with Crippen LogP contribution in [-0.2, 0) is 30.5 Å². The lowest BCUT2D eigenvalue weighted by Gasteiger charge is -2.41. The Bertz CT molecular complexity index is 1140. The fourth-order valence-corrected chi connectivity index (χ4v) is 7.01. The van der Waals surface area contributed by atoms with E-state index in [-0.39, 0.29) is 42.2 Å². The first-order valence-corrected chi connectivity index (χ1v) is 16.1. The van der Waals surface area contributed by atoms with E-state index in [2.05, 4.69) is 10.6 Å². The second-order valence-electron chi connectivity index (χ2n) is 14.2. The third-order valence-electron chi connectivity index (χ3n) is 9.67. The van der Waals surface area contributed by atoms with Crippen molar-refractivity contribution in [3.63, 3.8) is 0 Å². The van der Waals surface area contributed by atoms with E-state index >= 15 is 0 Å². The first-order valence-electron chi connectivity index (χ1n) is 16.1. The van der Waals surface area contributed by atoms with Crippen molar-refractivity contribution in [1.82, 2.24) is 15.5 Å². The molecule has 0 bridgehead atoms. The number of benzene rings is 1. The summed E-state index contributed by atoms with van der Waals surface area (Å²) >= 11 is 0. The molecule has 1 heterocycles. The van der Waals surface area contributed by atoms with Crippen molar-refractivity contribution in [3.8, 4) is 0 Å². The topological polar surface area (TPSA) is 114 Å². The molecular formula is C34H51N3O6. The summed E-state index contributed by atoms with van der Waals surface area (Å²) in [7, 11) is 0. The van der Waals surface area contributed by atoms with Gasteiger partial charge in [-0.25, -0.2) is 9.59 Å². The number of rotatable bonds is 9. The molecule has 9 nitrogen and oxygen atoms in total. The van der Waals surface area contributed by atoms with Gasteiger partial charge in [-0.15, -0.1) is 0 Å². The van der Waals surface area contributed by atoms with E-state index in [4.69, 9.17) is 9.47 Å². The number of amides is 3. The lowest BCUT2D eigenvalue weighted by Crippen LogP contribution is -2.66. The van der Waals surface area contributed by atoms with Crippen LogP contribution in [0.15, 0.2) is 30.3 Å². The first kappa shape index (κ1) is 32.8. The minimum absolute atomic E-state index is 0.0574. The van der Waals surface area contributed by atoms with Crippen molar-refractivity contribution < 1.29 is 28.7 Å². The second-order valence-corrected chi connectivity index (χ2v) is 14.2. The van der Waals surface area contributed by atoms with E-state index in [1.807, 2.05) is 65.0 Å². The van der Waals surface area contributed by atoms with Crippen LogP contribution in [0.25, 0.3) is 0 Å². The summed E-state index contributed by atoms with van der Waals surface area (Å²) < 4.78 is 11.3. The largest absolute Gasteiger partial charge is 0.458 e.